The monoisotopic (exact) mass is 525 g/mol. The maximum atomic E-state index is 13.6. The lowest BCUT2D eigenvalue weighted by atomic mass is 10.0. The first-order valence-electron chi connectivity index (χ1n) is 12.8. The zero-order valence-electron chi connectivity index (χ0n) is 22.2. The fourth-order valence-corrected chi connectivity index (χ4v) is 4.75. The number of aryl methyl sites for hydroxylation is 2. The second-order valence-corrected chi connectivity index (χ2v) is 10.0. The Balaban J connectivity index is 1.62. The van der Waals surface area contributed by atoms with Gasteiger partial charge in [0.25, 0.3) is 0 Å². The van der Waals surface area contributed by atoms with Crippen molar-refractivity contribution < 1.29 is 28.6 Å². The Labute approximate surface area is 221 Å². The number of para-hydroxylation sites is 1. The first kappa shape index (κ1) is 27.2. The third-order valence-electron chi connectivity index (χ3n) is 6.65. The molecule has 1 aliphatic rings. The minimum Gasteiger partial charge on any atom is -0.476 e. The Morgan fingerprint density at radius 2 is 1.84 bits per heavy atom. The molecule has 3 amide bonds. The van der Waals surface area contributed by atoms with Gasteiger partial charge in [-0.2, -0.15) is 0 Å². The topological polar surface area (TPSA) is 139 Å². The average Bonchev–Trinajstić information content (AvgIpc) is 3.43. The standard InChI is InChI=1S/C27H35N5O6/c1-16(2)13-20(29-27(36)32-9-11-37-12-10-32)24(33)28-21(25-30-23(26(34)35)17(3)38-25)14-18-15-31(4)22-8-6-5-7-19(18)22/h5-8,15-16,20-21H,9-14H2,1-4H3,(H,28,33)(H,29,36)(H,34,35)/t20?,21-/m1/s1. The molecule has 0 radical (unpaired) electrons. The molecule has 1 aromatic carbocycles. The average molecular weight is 526 g/mol. The minimum absolute atomic E-state index is 0.101. The molecule has 0 saturated carbocycles. The second-order valence-electron chi connectivity index (χ2n) is 10.0. The normalized spacial score (nSPS) is 15.4. The van der Waals surface area contributed by atoms with Crippen molar-refractivity contribution in [2.45, 2.75) is 45.7 Å². The molecule has 1 saturated heterocycles. The number of oxazole rings is 1. The molecule has 11 heteroatoms. The summed E-state index contributed by atoms with van der Waals surface area (Å²) in [7, 11) is 1.94. The third kappa shape index (κ3) is 6.16. The Morgan fingerprint density at radius 1 is 1.13 bits per heavy atom. The number of amides is 3. The van der Waals surface area contributed by atoms with Gasteiger partial charge in [0.15, 0.2) is 5.69 Å². The molecule has 0 spiro atoms. The summed E-state index contributed by atoms with van der Waals surface area (Å²) in [5.74, 6) is -1.20. The van der Waals surface area contributed by atoms with E-state index in [0.29, 0.717) is 39.1 Å². The van der Waals surface area contributed by atoms with E-state index in [1.807, 2.05) is 55.9 Å². The van der Waals surface area contributed by atoms with E-state index < -0.39 is 24.0 Å². The van der Waals surface area contributed by atoms with Gasteiger partial charge in [-0.3, -0.25) is 4.79 Å². The molecule has 1 aliphatic heterocycles. The van der Waals surface area contributed by atoms with Crippen LogP contribution in [0.5, 0.6) is 0 Å². The maximum absolute atomic E-state index is 13.6. The summed E-state index contributed by atoms with van der Waals surface area (Å²) in [6.45, 7) is 7.31. The first-order valence-corrected chi connectivity index (χ1v) is 12.8. The highest BCUT2D eigenvalue weighted by Gasteiger charge is 2.30. The molecular weight excluding hydrogens is 490 g/mol. The molecule has 3 heterocycles. The number of aromatic carboxylic acids is 1. The highest BCUT2D eigenvalue weighted by molar-refractivity contribution is 5.88. The van der Waals surface area contributed by atoms with Crippen LogP contribution in [0.15, 0.2) is 34.9 Å². The van der Waals surface area contributed by atoms with Crippen molar-refractivity contribution in [3.63, 3.8) is 0 Å². The van der Waals surface area contributed by atoms with E-state index in [4.69, 9.17) is 9.15 Å². The fraction of sp³-hybridized carbons (Fsp3) is 0.481. The molecule has 1 unspecified atom stereocenters. The first-order chi connectivity index (χ1) is 18.1. The van der Waals surface area contributed by atoms with Gasteiger partial charge in [-0.1, -0.05) is 32.0 Å². The number of hydrogen-bond donors (Lipinski definition) is 3. The molecule has 3 aromatic rings. The number of fused-ring (bicyclic) bond motifs is 1. The lowest BCUT2D eigenvalue weighted by molar-refractivity contribution is -0.124. The van der Waals surface area contributed by atoms with Crippen molar-refractivity contribution in [3.8, 4) is 0 Å². The van der Waals surface area contributed by atoms with Gasteiger partial charge in [-0.05, 0) is 30.9 Å². The van der Waals surface area contributed by atoms with Gasteiger partial charge >= 0.3 is 12.0 Å². The number of carboxylic acids is 1. The van der Waals surface area contributed by atoms with Crippen LogP contribution in [-0.2, 0) is 23.0 Å². The van der Waals surface area contributed by atoms with Crippen LogP contribution in [0.25, 0.3) is 10.9 Å². The Bertz CT molecular complexity index is 1310. The summed E-state index contributed by atoms with van der Waals surface area (Å²) in [4.78, 5) is 44.0. The van der Waals surface area contributed by atoms with Crippen LogP contribution < -0.4 is 10.6 Å². The lowest BCUT2D eigenvalue weighted by Crippen LogP contribution is -2.54. The molecule has 4 rings (SSSR count). The van der Waals surface area contributed by atoms with Crippen molar-refractivity contribution in [2.75, 3.05) is 26.3 Å². The number of nitrogens with one attached hydrogen (secondary N) is 2. The zero-order chi connectivity index (χ0) is 27.4. The largest absolute Gasteiger partial charge is 0.476 e. The number of hydrogen-bond acceptors (Lipinski definition) is 6. The van der Waals surface area contributed by atoms with Gasteiger partial charge in [-0.15, -0.1) is 0 Å². The quantitative estimate of drug-likeness (QED) is 0.390. The van der Waals surface area contributed by atoms with Crippen molar-refractivity contribution in [3.05, 3.63) is 53.4 Å². The lowest BCUT2D eigenvalue weighted by Gasteiger charge is -2.30. The minimum atomic E-state index is -1.21. The summed E-state index contributed by atoms with van der Waals surface area (Å²) in [5, 5.41) is 16.4. The number of aromatic nitrogens is 2. The summed E-state index contributed by atoms with van der Waals surface area (Å²) < 4.78 is 13.1. The van der Waals surface area contributed by atoms with Crippen LogP contribution in [0.4, 0.5) is 4.79 Å². The van der Waals surface area contributed by atoms with Gasteiger partial charge in [0.05, 0.1) is 13.2 Å². The number of urea groups is 1. The predicted octanol–water partition coefficient (Wildman–Crippen LogP) is 3.03. The molecule has 2 atom stereocenters. The number of rotatable bonds is 9. The maximum Gasteiger partial charge on any atom is 0.358 e. The Kier molecular flexibility index (Phi) is 8.35. The number of carbonyl (C=O) groups excluding carboxylic acids is 2. The van der Waals surface area contributed by atoms with E-state index >= 15 is 0 Å². The van der Waals surface area contributed by atoms with E-state index in [9.17, 15) is 19.5 Å². The molecule has 2 aromatic heterocycles. The summed E-state index contributed by atoms with van der Waals surface area (Å²) in [5.41, 5.74) is 1.77. The van der Waals surface area contributed by atoms with E-state index in [2.05, 4.69) is 15.6 Å². The smallest absolute Gasteiger partial charge is 0.358 e. The van der Waals surface area contributed by atoms with E-state index in [1.165, 1.54) is 6.92 Å². The summed E-state index contributed by atoms with van der Waals surface area (Å²) in [6.07, 6.45) is 2.72. The number of ether oxygens (including phenoxy) is 1. The molecule has 11 nitrogen and oxygen atoms in total. The highest BCUT2D eigenvalue weighted by Crippen LogP contribution is 2.27. The predicted molar refractivity (Wildman–Crippen MR) is 140 cm³/mol. The molecular formula is C27H35N5O6. The van der Waals surface area contributed by atoms with E-state index in [0.717, 1.165) is 16.5 Å². The summed E-state index contributed by atoms with van der Waals surface area (Å²) in [6, 6.07) is 6.03. The number of carboxylic acid groups (broad SMARTS) is 1. The fourth-order valence-electron chi connectivity index (χ4n) is 4.75. The SMILES string of the molecule is Cc1oc([C@@H](Cc2cn(C)c3ccccc23)NC(=O)C(CC(C)C)NC(=O)N2CCOCC2)nc1C(=O)O. The number of morpholine rings is 1. The Hall–Kier alpha value is -3.86. The molecule has 1 fully saturated rings. The van der Waals surface area contributed by atoms with Crippen molar-refractivity contribution >= 4 is 28.8 Å². The number of benzene rings is 1. The van der Waals surface area contributed by atoms with E-state index in [-0.39, 0.29) is 29.3 Å². The second kappa shape index (κ2) is 11.7. The highest BCUT2D eigenvalue weighted by atomic mass is 16.5. The van der Waals surface area contributed by atoms with Crippen LogP contribution in [0, 0.1) is 12.8 Å². The van der Waals surface area contributed by atoms with Gasteiger partial charge in [0, 0.05) is 43.7 Å². The van der Waals surface area contributed by atoms with Crippen molar-refractivity contribution in [2.24, 2.45) is 13.0 Å². The van der Waals surface area contributed by atoms with Crippen LogP contribution >= 0.6 is 0 Å². The third-order valence-corrected chi connectivity index (χ3v) is 6.65. The molecule has 0 bridgehead atoms. The number of carbonyl (C=O) groups is 3. The zero-order valence-corrected chi connectivity index (χ0v) is 22.2. The van der Waals surface area contributed by atoms with Crippen LogP contribution in [0.3, 0.4) is 0 Å². The molecule has 0 aliphatic carbocycles. The van der Waals surface area contributed by atoms with Crippen LogP contribution in [0.2, 0.25) is 0 Å². The van der Waals surface area contributed by atoms with Gasteiger partial charge in [0.1, 0.15) is 17.8 Å². The number of nitrogens with zero attached hydrogens (tertiary/aromatic N) is 3. The summed E-state index contributed by atoms with van der Waals surface area (Å²) >= 11 is 0. The van der Waals surface area contributed by atoms with Gasteiger partial charge in [-0.25, -0.2) is 14.6 Å². The van der Waals surface area contributed by atoms with E-state index in [1.54, 1.807) is 4.90 Å². The van der Waals surface area contributed by atoms with Gasteiger partial charge < -0.3 is 34.4 Å². The molecule has 204 valence electrons. The van der Waals surface area contributed by atoms with Crippen molar-refractivity contribution in [1.82, 2.24) is 25.1 Å². The van der Waals surface area contributed by atoms with Crippen LogP contribution in [0.1, 0.15) is 54.0 Å². The van der Waals surface area contributed by atoms with Crippen LogP contribution in [-0.4, -0.2) is 69.8 Å². The molecule has 38 heavy (non-hydrogen) atoms. The van der Waals surface area contributed by atoms with Crippen molar-refractivity contribution in [1.29, 1.82) is 0 Å². The Morgan fingerprint density at radius 3 is 2.50 bits per heavy atom. The molecule has 3 N–H and O–H groups in total. The van der Waals surface area contributed by atoms with Gasteiger partial charge in [0.2, 0.25) is 11.8 Å².